The van der Waals surface area contributed by atoms with Gasteiger partial charge in [0.25, 0.3) is 15.9 Å². The zero-order valence-electron chi connectivity index (χ0n) is 16.0. The third-order valence-corrected chi connectivity index (χ3v) is 5.75. The Hall–Kier alpha value is -3.70. The first kappa shape index (κ1) is 21.0. The minimum atomic E-state index is -3.87. The standard InChI is InChI=1S/C22H18FN3O3S/c1-26(15-17-4-2-16(14-24)3-5-17)22(27)18-6-12-21(13-7-18)30(28,29)25-20-10-8-19(23)9-11-20/h2-13,25H,15H2,1H3. The van der Waals surface area contributed by atoms with Crippen molar-refractivity contribution >= 4 is 21.6 Å². The van der Waals surface area contributed by atoms with Gasteiger partial charge in [-0.05, 0) is 66.2 Å². The molecule has 0 saturated heterocycles. The zero-order chi connectivity index (χ0) is 21.7. The van der Waals surface area contributed by atoms with Crippen LogP contribution in [-0.4, -0.2) is 26.3 Å². The van der Waals surface area contributed by atoms with Crippen molar-refractivity contribution in [1.29, 1.82) is 5.26 Å². The van der Waals surface area contributed by atoms with Crippen LogP contribution >= 0.6 is 0 Å². The highest BCUT2D eigenvalue weighted by Gasteiger charge is 2.17. The van der Waals surface area contributed by atoms with Crippen molar-refractivity contribution in [3.63, 3.8) is 0 Å². The van der Waals surface area contributed by atoms with Crippen molar-refractivity contribution in [2.24, 2.45) is 0 Å². The van der Waals surface area contributed by atoms with Gasteiger partial charge in [-0.25, -0.2) is 12.8 Å². The number of amides is 1. The Morgan fingerprint density at radius 2 is 1.60 bits per heavy atom. The molecule has 3 aromatic rings. The van der Waals surface area contributed by atoms with Crippen LogP contribution in [0.2, 0.25) is 0 Å². The van der Waals surface area contributed by atoms with Crippen molar-refractivity contribution in [2.45, 2.75) is 11.4 Å². The molecule has 0 aliphatic heterocycles. The molecule has 0 unspecified atom stereocenters. The SMILES string of the molecule is CN(Cc1ccc(C#N)cc1)C(=O)c1ccc(S(=O)(=O)Nc2ccc(F)cc2)cc1. The molecule has 3 rings (SSSR count). The second-order valence-corrected chi connectivity index (χ2v) is 8.29. The number of hydrogen-bond donors (Lipinski definition) is 1. The summed E-state index contributed by atoms with van der Waals surface area (Å²) < 4.78 is 40.3. The molecule has 0 aromatic heterocycles. The molecule has 8 heteroatoms. The Kier molecular flexibility index (Phi) is 6.14. The predicted octanol–water partition coefficient (Wildman–Crippen LogP) is 3.77. The smallest absolute Gasteiger partial charge is 0.261 e. The number of nitrogens with one attached hydrogen (secondary N) is 1. The van der Waals surface area contributed by atoms with Crippen LogP contribution in [0.3, 0.4) is 0 Å². The van der Waals surface area contributed by atoms with Crippen LogP contribution in [0, 0.1) is 17.1 Å². The van der Waals surface area contributed by atoms with E-state index in [9.17, 15) is 17.6 Å². The fourth-order valence-electron chi connectivity index (χ4n) is 2.76. The Bertz CT molecular complexity index is 1180. The largest absolute Gasteiger partial charge is 0.337 e. The third kappa shape index (κ3) is 5.01. The molecule has 6 nitrogen and oxygen atoms in total. The van der Waals surface area contributed by atoms with E-state index in [2.05, 4.69) is 4.72 Å². The van der Waals surface area contributed by atoms with Crippen molar-refractivity contribution in [3.05, 3.63) is 95.3 Å². The highest BCUT2D eigenvalue weighted by molar-refractivity contribution is 7.92. The first-order valence-electron chi connectivity index (χ1n) is 8.91. The van der Waals surface area contributed by atoms with Gasteiger partial charge < -0.3 is 4.90 Å². The summed E-state index contributed by atoms with van der Waals surface area (Å²) in [7, 11) is -2.23. The van der Waals surface area contributed by atoms with E-state index >= 15 is 0 Å². The lowest BCUT2D eigenvalue weighted by atomic mass is 10.1. The fraction of sp³-hybridized carbons (Fsp3) is 0.0909. The minimum absolute atomic E-state index is 0.0156. The van der Waals surface area contributed by atoms with Crippen molar-refractivity contribution in [3.8, 4) is 6.07 Å². The van der Waals surface area contributed by atoms with Gasteiger partial charge in [0.1, 0.15) is 5.82 Å². The molecule has 0 heterocycles. The lowest BCUT2D eigenvalue weighted by molar-refractivity contribution is 0.0785. The summed E-state index contributed by atoms with van der Waals surface area (Å²) in [5.41, 5.74) is 1.98. The number of carbonyl (C=O) groups is 1. The Labute approximate surface area is 174 Å². The van der Waals surface area contributed by atoms with Crippen LogP contribution in [0.25, 0.3) is 0 Å². The first-order valence-corrected chi connectivity index (χ1v) is 10.4. The maximum absolute atomic E-state index is 13.0. The van der Waals surface area contributed by atoms with Crippen LogP contribution in [0.4, 0.5) is 10.1 Å². The van der Waals surface area contributed by atoms with Crippen LogP contribution in [0.15, 0.2) is 77.7 Å². The highest BCUT2D eigenvalue weighted by Crippen LogP contribution is 2.18. The number of sulfonamides is 1. The number of halogens is 1. The highest BCUT2D eigenvalue weighted by atomic mass is 32.2. The van der Waals surface area contributed by atoms with Crippen LogP contribution < -0.4 is 4.72 Å². The second-order valence-electron chi connectivity index (χ2n) is 6.61. The number of rotatable bonds is 6. The molecule has 1 N–H and O–H groups in total. The van der Waals surface area contributed by atoms with E-state index in [1.54, 1.807) is 31.3 Å². The minimum Gasteiger partial charge on any atom is -0.337 e. The topological polar surface area (TPSA) is 90.3 Å². The average Bonchev–Trinajstić information content (AvgIpc) is 2.75. The predicted molar refractivity (Wildman–Crippen MR) is 111 cm³/mol. The number of nitrogens with zero attached hydrogens (tertiary/aromatic N) is 2. The molecule has 152 valence electrons. The molecule has 0 fully saturated rings. The maximum Gasteiger partial charge on any atom is 0.261 e. The molecular weight excluding hydrogens is 405 g/mol. The second kappa shape index (κ2) is 8.76. The van der Waals surface area contributed by atoms with Gasteiger partial charge in [-0.1, -0.05) is 12.1 Å². The normalized spacial score (nSPS) is 10.8. The molecule has 1 amide bonds. The van der Waals surface area contributed by atoms with Crippen molar-refractivity contribution < 1.29 is 17.6 Å². The van der Waals surface area contributed by atoms with E-state index in [4.69, 9.17) is 5.26 Å². The van der Waals surface area contributed by atoms with Crippen molar-refractivity contribution in [1.82, 2.24) is 4.90 Å². The summed E-state index contributed by atoms with van der Waals surface area (Å²) >= 11 is 0. The molecule has 0 saturated carbocycles. The Morgan fingerprint density at radius 1 is 1.00 bits per heavy atom. The zero-order valence-corrected chi connectivity index (χ0v) is 16.9. The number of benzene rings is 3. The van der Waals surface area contributed by atoms with E-state index in [1.165, 1.54) is 41.3 Å². The molecule has 0 bridgehead atoms. The fourth-order valence-corrected chi connectivity index (χ4v) is 3.82. The quantitative estimate of drug-likeness (QED) is 0.653. The summed E-state index contributed by atoms with van der Waals surface area (Å²) in [5.74, 6) is -0.735. The van der Waals surface area contributed by atoms with E-state index in [1.807, 2.05) is 6.07 Å². The summed E-state index contributed by atoms with van der Waals surface area (Å²) in [6.07, 6.45) is 0. The number of nitriles is 1. The molecule has 0 aliphatic rings. The molecular formula is C22H18FN3O3S. The van der Waals surface area contributed by atoms with Crippen LogP contribution in [0.1, 0.15) is 21.5 Å². The van der Waals surface area contributed by atoms with Crippen molar-refractivity contribution in [2.75, 3.05) is 11.8 Å². The number of hydrogen-bond acceptors (Lipinski definition) is 4. The molecule has 0 aliphatic carbocycles. The van der Waals surface area contributed by atoms with Crippen LogP contribution in [0.5, 0.6) is 0 Å². The molecule has 3 aromatic carbocycles. The van der Waals surface area contributed by atoms with E-state index < -0.39 is 15.8 Å². The van der Waals surface area contributed by atoms with Crippen LogP contribution in [-0.2, 0) is 16.6 Å². The lowest BCUT2D eigenvalue weighted by Crippen LogP contribution is -2.26. The first-order chi connectivity index (χ1) is 14.3. The molecule has 0 atom stereocenters. The van der Waals surface area contributed by atoms with Gasteiger partial charge in [0.05, 0.1) is 16.5 Å². The van der Waals surface area contributed by atoms with Gasteiger partial charge in [-0.3, -0.25) is 9.52 Å². The molecule has 0 spiro atoms. The summed E-state index contributed by atoms with van der Waals surface area (Å²) in [6.45, 7) is 0.344. The van der Waals surface area contributed by atoms with Gasteiger partial charge >= 0.3 is 0 Å². The molecule has 30 heavy (non-hydrogen) atoms. The van der Waals surface area contributed by atoms with Gasteiger partial charge in [0, 0.05) is 24.8 Å². The van der Waals surface area contributed by atoms with Gasteiger partial charge in [-0.2, -0.15) is 5.26 Å². The van der Waals surface area contributed by atoms with E-state index in [0.717, 1.165) is 17.7 Å². The monoisotopic (exact) mass is 423 g/mol. The van der Waals surface area contributed by atoms with E-state index in [-0.39, 0.29) is 16.5 Å². The Morgan fingerprint density at radius 3 is 2.17 bits per heavy atom. The summed E-state index contributed by atoms with van der Waals surface area (Å²) in [4.78, 5) is 14.1. The van der Waals surface area contributed by atoms with Gasteiger partial charge in [0.2, 0.25) is 0 Å². The number of carbonyl (C=O) groups excluding carboxylic acids is 1. The van der Waals surface area contributed by atoms with E-state index in [0.29, 0.717) is 17.7 Å². The summed E-state index contributed by atoms with van der Waals surface area (Å²) in [6, 6.07) is 19.5. The summed E-state index contributed by atoms with van der Waals surface area (Å²) in [5, 5.41) is 8.84. The average molecular weight is 423 g/mol. The number of anilines is 1. The van der Waals surface area contributed by atoms with Gasteiger partial charge in [-0.15, -0.1) is 0 Å². The molecule has 0 radical (unpaired) electrons. The third-order valence-electron chi connectivity index (χ3n) is 4.36. The Balaban J connectivity index is 1.69. The van der Waals surface area contributed by atoms with Gasteiger partial charge in [0.15, 0.2) is 0 Å². The lowest BCUT2D eigenvalue weighted by Gasteiger charge is -2.17. The maximum atomic E-state index is 13.0.